The zero-order chi connectivity index (χ0) is 18.1. The fourth-order valence-corrected chi connectivity index (χ4v) is 2.79. The van der Waals surface area contributed by atoms with E-state index in [9.17, 15) is 29.4 Å². The average molecular weight is 337 g/mol. The van der Waals surface area contributed by atoms with E-state index in [1.54, 1.807) is 30.3 Å². The topological polar surface area (TPSA) is 118 Å². The van der Waals surface area contributed by atoms with Gasteiger partial charge in [-0.1, -0.05) is 36.4 Å². The number of imide groups is 1. The van der Waals surface area contributed by atoms with Gasteiger partial charge in [-0.2, -0.15) is 0 Å². The summed E-state index contributed by atoms with van der Waals surface area (Å²) in [6, 6.07) is 10.3. The maximum atomic E-state index is 12.5. The van der Waals surface area contributed by atoms with Gasteiger partial charge in [-0.05, 0) is 29.7 Å². The third-order valence-electron chi connectivity index (χ3n) is 4.01. The fourth-order valence-electron chi connectivity index (χ4n) is 2.79. The number of rotatable bonds is 5. The van der Waals surface area contributed by atoms with Crippen molar-refractivity contribution in [3.05, 3.63) is 70.8 Å². The molecule has 1 heterocycles. The lowest BCUT2D eigenvalue weighted by molar-refractivity contribution is -0.310. The third-order valence-corrected chi connectivity index (χ3v) is 4.01. The molecule has 0 N–H and O–H groups in total. The fraction of sp³-hybridized carbons (Fsp3) is 0.111. The van der Waals surface area contributed by atoms with Crippen LogP contribution in [0.3, 0.4) is 0 Å². The minimum Gasteiger partial charge on any atom is -0.548 e. The van der Waals surface area contributed by atoms with E-state index in [0.717, 1.165) is 12.1 Å². The number of nitrogens with zero attached hydrogens (tertiary/aromatic N) is 1. The first kappa shape index (κ1) is 16.4. The standard InChI is InChI=1S/C18H13NO6/c20-15-12-7-6-11(17(22)23)9-13(12)16(21)19(15)14(18(24)25)8-10-4-2-1-3-5-10/h1-7,9,14H,8H2,(H,22,23)(H,24,25)/p-2/t14-/m1/s1. The number of carbonyl (C=O) groups is 4. The molecule has 1 atom stereocenters. The van der Waals surface area contributed by atoms with Crippen LogP contribution in [0.15, 0.2) is 48.5 Å². The molecule has 0 aromatic heterocycles. The van der Waals surface area contributed by atoms with Gasteiger partial charge in [0.1, 0.15) is 0 Å². The Morgan fingerprint density at radius 1 is 0.920 bits per heavy atom. The Morgan fingerprint density at radius 2 is 1.56 bits per heavy atom. The van der Waals surface area contributed by atoms with Gasteiger partial charge in [-0.25, -0.2) is 0 Å². The first-order valence-corrected chi connectivity index (χ1v) is 7.38. The van der Waals surface area contributed by atoms with E-state index in [1.807, 2.05) is 0 Å². The molecule has 0 radical (unpaired) electrons. The van der Waals surface area contributed by atoms with Crippen LogP contribution in [0, 0.1) is 0 Å². The van der Waals surface area contributed by atoms with Crippen molar-refractivity contribution in [3.8, 4) is 0 Å². The smallest absolute Gasteiger partial charge is 0.262 e. The molecule has 0 spiro atoms. The molecule has 25 heavy (non-hydrogen) atoms. The minimum atomic E-state index is -1.57. The van der Waals surface area contributed by atoms with Crippen molar-refractivity contribution in [3.63, 3.8) is 0 Å². The summed E-state index contributed by atoms with van der Waals surface area (Å²) in [5, 5.41) is 22.5. The summed E-state index contributed by atoms with van der Waals surface area (Å²) < 4.78 is 0. The third kappa shape index (κ3) is 2.87. The van der Waals surface area contributed by atoms with E-state index in [2.05, 4.69) is 0 Å². The molecule has 0 fully saturated rings. The van der Waals surface area contributed by atoms with E-state index in [0.29, 0.717) is 10.5 Å². The number of amides is 2. The lowest BCUT2D eigenvalue weighted by atomic mass is 10.0. The highest BCUT2D eigenvalue weighted by atomic mass is 16.4. The Bertz CT molecular complexity index is 890. The quantitative estimate of drug-likeness (QED) is 0.646. The van der Waals surface area contributed by atoms with Crippen molar-refractivity contribution in [2.45, 2.75) is 12.5 Å². The van der Waals surface area contributed by atoms with Crippen LogP contribution in [0.1, 0.15) is 36.6 Å². The van der Waals surface area contributed by atoms with Gasteiger partial charge in [-0.3, -0.25) is 14.5 Å². The van der Waals surface area contributed by atoms with Crippen LogP contribution >= 0.6 is 0 Å². The van der Waals surface area contributed by atoms with Crippen molar-refractivity contribution in [1.29, 1.82) is 0 Å². The number of hydrogen-bond donors (Lipinski definition) is 0. The molecule has 1 aliphatic heterocycles. The lowest BCUT2D eigenvalue weighted by Gasteiger charge is -2.27. The number of hydrogen-bond acceptors (Lipinski definition) is 6. The number of aliphatic carboxylic acids is 1. The predicted molar refractivity (Wildman–Crippen MR) is 80.2 cm³/mol. The van der Waals surface area contributed by atoms with Gasteiger partial charge < -0.3 is 19.8 Å². The lowest BCUT2D eigenvalue weighted by Crippen LogP contribution is -2.51. The van der Waals surface area contributed by atoms with E-state index < -0.39 is 29.8 Å². The zero-order valence-corrected chi connectivity index (χ0v) is 12.8. The molecule has 0 saturated heterocycles. The molecule has 7 nitrogen and oxygen atoms in total. The molecule has 2 amide bonds. The zero-order valence-electron chi connectivity index (χ0n) is 12.8. The molecular formula is C18H11NO6-2. The number of carbonyl (C=O) groups excluding carboxylic acids is 4. The van der Waals surface area contributed by atoms with Gasteiger partial charge in [-0.15, -0.1) is 0 Å². The molecule has 2 aromatic carbocycles. The summed E-state index contributed by atoms with van der Waals surface area (Å²) >= 11 is 0. The van der Waals surface area contributed by atoms with Crippen molar-refractivity contribution in [1.82, 2.24) is 4.90 Å². The van der Waals surface area contributed by atoms with Crippen molar-refractivity contribution >= 4 is 23.8 Å². The molecule has 7 heteroatoms. The van der Waals surface area contributed by atoms with E-state index in [1.165, 1.54) is 6.07 Å². The normalized spacial score (nSPS) is 14.3. The van der Waals surface area contributed by atoms with E-state index in [-0.39, 0.29) is 23.1 Å². The Kier molecular flexibility index (Phi) is 4.06. The molecule has 2 aromatic rings. The molecule has 126 valence electrons. The van der Waals surface area contributed by atoms with Crippen LogP contribution in [-0.4, -0.2) is 34.7 Å². The monoisotopic (exact) mass is 337 g/mol. The van der Waals surface area contributed by atoms with E-state index in [4.69, 9.17) is 0 Å². The van der Waals surface area contributed by atoms with Crippen LogP contribution in [0.25, 0.3) is 0 Å². The molecule has 1 aliphatic rings. The molecule has 0 bridgehead atoms. The Hall–Kier alpha value is -3.48. The summed E-state index contributed by atoms with van der Waals surface area (Å²) in [4.78, 5) is 48.1. The summed E-state index contributed by atoms with van der Waals surface area (Å²) in [5.41, 5.74) is 0.138. The highest BCUT2D eigenvalue weighted by molar-refractivity contribution is 6.23. The molecular weight excluding hydrogens is 326 g/mol. The van der Waals surface area contributed by atoms with Gasteiger partial charge >= 0.3 is 0 Å². The van der Waals surface area contributed by atoms with Crippen LogP contribution in [0.4, 0.5) is 0 Å². The van der Waals surface area contributed by atoms with Crippen LogP contribution in [-0.2, 0) is 11.2 Å². The number of benzene rings is 2. The Labute approximate surface area is 142 Å². The van der Waals surface area contributed by atoms with Crippen molar-refractivity contribution in [2.24, 2.45) is 0 Å². The van der Waals surface area contributed by atoms with Gasteiger partial charge in [0, 0.05) is 0 Å². The first-order chi connectivity index (χ1) is 11.9. The largest absolute Gasteiger partial charge is 0.548 e. The molecule has 0 saturated carbocycles. The van der Waals surface area contributed by atoms with Crippen LogP contribution in [0.2, 0.25) is 0 Å². The van der Waals surface area contributed by atoms with Gasteiger partial charge in [0.25, 0.3) is 11.8 Å². The van der Waals surface area contributed by atoms with Gasteiger partial charge in [0.2, 0.25) is 0 Å². The maximum absolute atomic E-state index is 12.5. The van der Waals surface area contributed by atoms with Crippen LogP contribution in [0.5, 0.6) is 0 Å². The second kappa shape index (κ2) is 6.20. The first-order valence-electron chi connectivity index (χ1n) is 7.38. The predicted octanol–water partition coefficient (Wildman–Crippen LogP) is -0.993. The summed E-state index contributed by atoms with van der Waals surface area (Å²) in [7, 11) is 0. The Balaban J connectivity index is 1.98. The summed E-state index contributed by atoms with van der Waals surface area (Å²) in [6.45, 7) is 0. The number of fused-ring (bicyclic) bond motifs is 1. The van der Waals surface area contributed by atoms with Gasteiger partial charge in [0.05, 0.1) is 29.1 Å². The highest BCUT2D eigenvalue weighted by Gasteiger charge is 2.40. The van der Waals surface area contributed by atoms with Crippen LogP contribution < -0.4 is 10.2 Å². The molecule has 3 rings (SSSR count). The second-order valence-corrected chi connectivity index (χ2v) is 5.55. The maximum Gasteiger partial charge on any atom is 0.262 e. The summed E-state index contributed by atoms with van der Waals surface area (Å²) in [6.07, 6.45) is -0.109. The average Bonchev–Trinajstić information content (AvgIpc) is 2.84. The number of carboxylic acid groups (broad SMARTS) is 2. The van der Waals surface area contributed by atoms with Crippen molar-refractivity contribution < 1.29 is 29.4 Å². The number of aromatic carboxylic acids is 1. The van der Waals surface area contributed by atoms with Crippen molar-refractivity contribution in [2.75, 3.05) is 0 Å². The summed E-state index contributed by atoms with van der Waals surface area (Å²) in [5.74, 6) is -4.73. The molecule has 0 aliphatic carbocycles. The minimum absolute atomic E-state index is 0.0469. The Morgan fingerprint density at radius 3 is 2.16 bits per heavy atom. The van der Waals surface area contributed by atoms with E-state index >= 15 is 0 Å². The highest BCUT2D eigenvalue weighted by Crippen LogP contribution is 2.27. The number of carboxylic acids is 2. The molecule has 0 unspecified atom stereocenters. The second-order valence-electron chi connectivity index (χ2n) is 5.55. The van der Waals surface area contributed by atoms with Gasteiger partial charge in [0.15, 0.2) is 0 Å². The SMILES string of the molecule is O=C([O-])c1ccc2c(c1)C(=O)N([C@H](Cc1ccccc1)C(=O)[O-])C2=O.